The monoisotopic (exact) mass is 310 g/mol. The van der Waals surface area contributed by atoms with E-state index >= 15 is 0 Å². The average molecular weight is 310 g/mol. The molecule has 0 atom stereocenters. The van der Waals surface area contributed by atoms with Crippen molar-refractivity contribution >= 4 is 5.97 Å². The van der Waals surface area contributed by atoms with Gasteiger partial charge in [-0.15, -0.1) is 0 Å². The first-order valence-electron chi connectivity index (χ1n) is 7.62. The minimum absolute atomic E-state index is 0.203. The van der Waals surface area contributed by atoms with Gasteiger partial charge in [-0.05, 0) is 45.5 Å². The van der Waals surface area contributed by atoms with Crippen molar-refractivity contribution in [3.8, 4) is 5.75 Å². The van der Waals surface area contributed by atoms with Gasteiger partial charge in [-0.1, -0.05) is 13.8 Å². The molecule has 124 valence electrons. The smallest absolute Gasteiger partial charge is 0.329 e. The molecule has 1 rings (SSSR count). The maximum atomic E-state index is 12.5. The number of hydrogen-bond acceptors (Lipinski definition) is 4. The number of carboxylic acids is 1. The van der Waals surface area contributed by atoms with Crippen LogP contribution in [0.5, 0.6) is 5.75 Å². The Morgan fingerprint density at radius 1 is 1.36 bits per heavy atom. The molecule has 0 saturated heterocycles. The van der Waals surface area contributed by atoms with E-state index in [0.29, 0.717) is 19.4 Å². The van der Waals surface area contributed by atoms with Gasteiger partial charge in [0.15, 0.2) is 5.75 Å². The van der Waals surface area contributed by atoms with E-state index in [2.05, 4.69) is 0 Å². The fraction of sp³-hybridized carbons (Fsp3) is 0.625. The molecule has 1 aromatic heterocycles. The summed E-state index contributed by atoms with van der Waals surface area (Å²) in [6, 6.07) is 3.25. The van der Waals surface area contributed by atoms with Crippen molar-refractivity contribution in [2.24, 2.45) is 0 Å². The Bertz CT molecular complexity index is 547. The van der Waals surface area contributed by atoms with Crippen molar-refractivity contribution in [2.75, 3.05) is 27.2 Å². The third kappa shape index (κ3) is 3.88. The van der Waals surface area contributed by atoms with Gasteiger partial charge in [0.2, 0.25) is 0 Å². The molecule has 0 amide bonds. The van der Waals surface area contributed by atoms with E-state index in [1.54, 1.807) is 26.0 Å². The number of aromatic nitrogens is 1. The standard InChI is InChI=1S/C16H26N2O4/c1-5-16(6-2,15(20)21)18-11-7-9-13(14(18)19)22-12-8-10-17(3)4/h7,9,11H,5-6,8,10,12H2,1-4H3,(H,20,21). The predicted molar refractivity (Wildman–Crippen MR) is 85.6 cm³/mol. The fourth-order valence-electron chi connectivity index (χ4n) is 2.48. The number of carboxylic acid groups (broad SMARTS) is 1. The predicted octanol–water partition coefficient (Wildman–Crippen LogP) is 1.78. The van der Waals surface area contributed by atoms with Crippen LogP contribution < -0.4 is 10.3 Å². The minimum Gasteiger partial charge on any atom is -0.488 e. The largest absolute Gasteiger partial charge is 0.488 e. The van der Waals surface area contributed by atoms with Crippen LogP contribution in [0.25, 0.3) is 0 Å². The summed E-state index contributed by atoms with van der Waals surface area (Å²) in [4.78, 5) is 26.2. The van der Waals surface area contributed by atoms with E-state index < -0.39 is 17.1 Å². The molecule has 1 aromatic rings. The number of pyridine rings is 1. The van der Waals surface area contributed by atoms with Crippen molar-refractivity contribution in [1.29, 1.82) is 0 Å². The molecule has 1 N–H and O–H groups in total. The van der Waals surface area contributed by atoms with Crippen LogP contribution in [0.2, 0.25) is 0 Å². The molecule has 0 radical (unpaired) electrons. The fourth-order valence-corrected chi connectivity index (χ4v) is 2.48. The van der Waals surface area contributed by atoms with Gasteiger partial charge in [0.1, 0.15) is 5.54 Å². The molecule has 0 unspecified atom stereocenters. The molecule has 0 saturated carbocycles. The Morgan fingerprint density at radius 3 is 2.50 bits per heavy atom. The molecule has 0 fully saturated rings. The molecule has 0 aromatic carbocycles. The first kappa shape index (κ1) is 18.2. The number of nitrogens with zero attached hydrogens (tertiary/aromatic N) is 2. The first-order valence-corrected chi connectivity index (χ1v) is 7.62. The van der Waals surface area contributed by atoms with E-state index in [4.69, 9.17) is 4.74 Å². The maximum absolute atomic E-state index is 12.5. The van der Waals surface area contributed by atoms with Crippen molar-refractivity contribution in [2.45, 2.75) is 38.6 Å². The van der Waals surface area contributed by atoms with Gasteiger partial charge in [0.05, 0.1) is 6.61 Å². The van der Waals surface area contributed by atoms with Gasteiger partial charge in [-0.25, -0.2) is 4.79 Å². The Hall–Kier alpha value is -1.82. The molecular weight excluding hydrogens is 284 g/mol. The highest BCUT2D eigenvalue weighted by Gasteiger charge is 2.38. The molecule has 0 spiro atoms. The molecular formula is C16H26N2O4. The summed E-state index contributed by atoms with van der Waals surface area (Å²) in [6.45, 7) is 4.84. The molecule has 0 aliphatic heterocycles. The summed E-state index contributed by atoms with van der Waals surface area (Å²) in [5.74, 6) is -0.793. The van der Waals surface area contributed by atoms with E-state index in [1.807, 2.05) is 19.0 Å². The van der Waals surface area contributed by atoms with Crippen molar-refractivity contribution in [1.82, 2.24) is 9.47 Å². The van der Waals surface area contributed by atoms with Crippen LogP contribution in [0.4, 0.5) is 0 Å². The van der Waals surface area contributed by atoms with Crippen LogP contribution in [-0.4, -0.2) is 47.8 Å². The molecule has 0 aliphatic rings. The third-order valence-electron chi connectivity index (χ3n) is 3.95. The molecule has 1 heterocycles. The van der Waals surface area contributed by atoms with Gasteiger partial charge in [0, 0.05) is 12.7 Å². The zero-order valence-electron chi connectivity index (χ0n) is 13.8. The highest BCUT2D eigenvalue weighted by atomic mass is 16.5. The van der Waals surface area contributed by atoms with Crippen LogP contribution in [0, 0.1) is 0 Å². The summed E-state index contributed by atoms with van der Waals surface area (Å²) in [6.07, 6.45) is 2.99. The average Bonchev–Trinajstić information content (AvgIpc) is 2.47. The van der Waals surface area contributed by atoms with Gasteiger partial charge < -0.3 is 14.7 Å². The van der Waals surface area contributed by atoms with E-state index in [0.717, 1.165) is 13.0 Å². The van der Waals surface area contributed by atoms with Crippen LogP contribution in [0.3, 0.4) is 0 Å². The van der Waals surface area contributed by atoms with Crippen LogP contribution >= 0.6 is 0 Å². The van der Waals surface area contributed by atoms with Gasteiger partial charge in [-0.2, -0.15) is 0 Å². The van der Waals surface area contributed by atoms with E-state index in [1.165, 1.54) is 10.8 Å². The molecule has 22 heavy (non-hydrogen) atoms. The molecule has 6 heteroatoms. The summed E-state index contributed by atoms with van der Waals surface area (Å²) in [7, 11) is 3.94. The SMILES string of the molecule is CCC(CC)(C(=O)O)n1cccc(OCCCN(C)C)c1=O. The second-order valence-electron chi connectivity index (χ2n) is 5.60. The van der Waals surface area contributed by atoms with Crippen molar-refractivity contribution in [3.05, 3.63) is 28.7 Å². The van der Waals surface area contributed by atoms with Crippen LogP contribution in [-0.2, 0) is 10.3 Å². The summed E-state index contributed by atoms with van der Waals surface area (Å²) < 4.78 is 6.83. The summed E-state index contributed by atoms with van der Waals surface area (Å²) in [5, 5.41) is 9.56. The Labute approximate surface area is 131 Å². The number of rotatable bonds is 9. The van der Waals surface area contributed by atoms with Crippen LogP contribution in [0.15, 0.2) is 23.1 Å². The lowest BCUT2D eigenvalue weighted by molar-refractivity contribution is -0.148. The number of hydrogen-bond donors (Lipinski definition) is 1. The van der Waals surface area contributed by atoms with E-state index in [9.17, 15) is 14.7 Å². The number of aliphatic carboxylic acids is 1. The third-order valence-corrected chi connectivity index (χ3v) is 3.95. The second kappa shape index (κ2) is 7.98. The Morgan fingerprint density at radius 2 is 2.00 bits per heavy atom. The quantitative estimate of drug-likeness (QED) is 0.704. The lowest BCUT2D eigenvalue weighted by Gasteiger charge is -2.29. The number of ether oxygens (including phenoxy) is 1. The maximum Gasteiger partial charge on any atom is 0.329 e. The van der Waals surface area contributed by atoms with Crippen LogP contribution in [0.1, 0.15) is 33.1 Å². The Balaban J connectivity index is 3.02. The lowest BCUT2D eigenvalue weighted by atomic mass is 9.92. The van der Waals surface area contributed by atoms with Gasteiger partial charge in [0.25, 0.3) is 5.56 Å². The lowest BCUT2D eigenvalue weighted by Crippen LogP contribution is -2.46. The molecule has 0 aliphatic carbocycles. The van der Waals surface area contributed by atoms with Crippen molar-refractivity contribution in [3.63, 3.8) is 0 Å². The highest BCUT2D eigenvalue weighted by molar-refractivity contribution is 5.76. The number of carbonyl (C=O) groups is 1. The van der Waals surface area contributed by atoms with Gasteiger partial charge in [-0.3, -0.25) is 9.36 Å². The second-order valence-corrected chi connectivity index (χ2v) is 5.60. The van der Waals surface area contributed by atoms with Crippen molar-refractivity contribution < 1.29 is 14.6 Å². The first-order chi connectivity index (χ1) is 10.4. The zero-order chi connectivity index (χ0) is 16.8. The normalized spacial score (nSPS) is 11.7. The van der Waals surface area contributed by atoms with Gasteiger partial charge >= 0.3 is 5.97 Å². The molecule has 6 nitrogen and oxygen atoms in total. The molecule has 0 bridgehead atoms. The minimum atomic E-state index is -1.22. The topological polar surface area (TPSA) is 71.8 Å². The Kier molecular flexibility index (Phi) is 6.61. The highest BCUT2D eigenvalue weighted by Crippen LogP contribution is 2.24. The zero-order valence-corrected chi connectivity index (χ0v) is 13.8. The summed E-state index contributed by atoms with van der Waals surface area (Å²) in [5.41, 5.74) is -1.61. The summed E-state index contributed by atoms with van der Waals surface area (Å²) >= 11 is 0. The van der Waals surface area contributed by atoms with E-state index in [-0.39, 0.29) is 5.75 Å².